The van der Waals surface area contributed by atoms with E-state index < -0.39 is 22.7 Å². The van der Waals surface area contributed by atoms with Gasteiger partial charge in [-0.15, -0.1) is 13.2 Å². The maximum absolute atomic E-state index is 12.2. The zero-order valence-electron chi connectivity index (χ0n) is 9.55. The molecule has 1 unspecified atom stereocenters. The number of benzene rings is 1. The molecule has 18 heavy (non-hydrogen) atoms. The lowest BCUT2D eigenvalue weighted by Crippen LogP contribution is -2.20. The van der Waals surface area contributed by atoms with Gasteiger partial charge in [0.2, 0.25) is 0 Å². The molecule has 1 rings (SSSR count). The number of ether oxygens (including phenoxy) is 2. The van der Waals surface area contributed by atoms with E-state index in [1.54, 1.807) is 0 Å². The molecule has 1 atom stereocenters. The Bertz CT molecular complexity index is 444. The number of hydrogen-bond donors (Lipinski definition) is 0. The first kappa shape index (κ1) is 14.8. The van der Waals surface area contributed by atoms with Crippen LogP contribution < -0.4 is 9.47 Å². The highest BCUT2D eigenvalue weighted by Crippen LogP contribution is 2.31. The number of carbonyl (C=O) groups is 1. The molecule has 0 radical (unpaired) electrons. The van der Waals surface area contributed by atoms with E-state index in [9.17, 15) is 18.0 Å². The molecule has 1 aromatic rings. The highest BCUT2D eigenvalue weighted by molar-refractivity contribution is 9.10. The van der Waals surface area contributed by atoms with Crippen LogP contribution >= 0.6 is 15.9 Å². The summed E-state index contributed by atoms with van der Waals surface area (Å²) in [5.74, 6) is -0.900. The molecule has 7 heteroatoms. The van der Waals surface area contributed by atoms with Gasteiger partial charge in [-0.05, 0) is 19.1 Å². The monoisotopic (exact) mass is 326 g/mol. The maximum Gasteiger partial charge on any atom is 0.573 e. The number of hydrogen-bond acceptors (Lipinski definition) is 3. The third-order valence-electron chi connectivity index (χ3n) is 2.04. The predicted molar refractivity (Wildman–Crippen MR) is 62.4 cm³/mol. The minimum Gasteiger partial charge on any atom is -0.497 e. The fourth-order valence-corrected chi connectivity index (χ4v) is 1.50. The Kier molecular flexibility index (Phi) is 4.61. The molecule has 0 bridgehead atoms. The minimum atomic E-state index is -4.86. The second-order valence-electron chi connectivity index (χ2n) is 3.39. The van der Waals surface area contributed by atoms with Crippen LogP contribution in [0, 0.1) is 0 Å². The van der Waals surface area contributed by atoms with Crippen LogP contribution in [0.15, 0.2) is 18.2 Å². The zero-order valence-corrected chi connectivity index (χ0v) is 11.1. The average Bonchev–Trinajstić information content (AvgIpc) is 2.25. The van der Waals surface area contributed by atoms with Gasteiger partial charge in [-0.25, -0.2) is 0 Å². The molecule has 100 valence electrons. The van der Waals surface area contributed by atoms with Crippen LogP contribution in [0.3, 0.4) is 0 Å². The third kappa shape index (κ3) is 3.90. The standard InChI is InChI=1S/C11H10BrF3O3/c1-6(12)10(16)8-4-3-7(17-2)5-9(8)18-11(13,14)15/h3-6H,1-2H3. The first-order chi connectivity index (χ1) is 8.24. The third-order valence-corrected chi connectivity index (χ3v) is 2.46. The number of ketones is 1. The van der Waals surface area contributed by atoms with E-state index in [1.165, 1.54) is 26.2 Å². The average molecular weight is 327 g/mol. The summed E-state index contributed by atoms with van der Waals surface area (Å²) in [6.45, 7) is 1.52. The molecule has 0 saturated carbocycles. The van der Waals surface area contributed by atoms with Crippen molar-refractivity contribution in [1.29, 1.82) is 0 Å². The molecule has 0 aromatic heterocycles. The summed E-state index contributed by atoms with van der Waals surface area (Å²) >= 11 is 3.01. The number of carbonyl (C=O) groups excluding carboxylic acids is 1. The van der Waals surface area contributed by atoms with Gasteiger partial charge in [0, 0.05) is 6.07 Å². The molecule has 1 aromatic carbocycles. The summed E-state index contributed by atoms with van der Waals surface area (Å²) in [6, 6.07) is 3.65. The van der Waals surface area contributed by atoms with Crippen LogP contribution in [0.1, 0.15) is 17.3 Å². The van der Waals surface area contributed by atoms with Crippen molar-refractivity contribution < 1.29 is 27.4 Å². The Hall–Kier alpha value is -1.24. The van der Waals surface area contributed by atoms with Crippen molar-refractivity contribution in [2.45, 2.75) is 18.1 Å². The second kappa shape index (κ2) is 5.60. The molecular weight excluding hydrogens is 317 g/mol. The molecule has 0 aliphatic carbocycles. The SMILES string of the molecule is COc1ccc(C(=O)C(C)Br)c(OC(F)(F)F)c1. The van der Waals surface area contributed by atoms with Gasteiger partial charge in [0.25, 0.3) is 0 Å². The Morgan fingerprint density at radius 1 is 1.39 bits per heavy atom. The molecular formula is C11H10BrF3O3. The van der Waals surface area contributed by atoms with E-state index in [-0.39, 0.29) is 11.3 Å². The lowest BCUT2D eigenvalue weighted by atomic mass is 10.1. The van der Waals surface area contributed by atoms with Crippen LogP contribution in [-0.4, -0.2) is 24.1 Å². The van der Waals surface area contributed by atoms with Gasteiger partial charge in [-0.1, -0.05) is 15.9 Å². The van der Waals surface area contributed by atoms with Crippen LogP contribution in [-0.2, 0) is 0 Å². The summed E-state index contributed by atoms with van der Waals surface area (Å²) in [6.07, 6.45) is -4.86. The quantitative estimate of drug-likeness (QED) is 0.627. The number of halogens is 4. The van der Waals surface area contributed by atoms with Crippen molar-refractivity contribution in [2.75, 3.05) is 7.11 Å². The van der Waals surface area contributed by atoms with Gasteiger partial charge in [0.05, 0.1) is 17.5 Å². The van der Waals surface area contributed by atoms with E-state index in [1.807, 2.05) is 0 Å². The lowest BCUT2D eigenvalue weighted by molar-refractivity contribution is -0.274. The first-order valence-electron chi connectivity index (χ1n) is 4.86. The van der Waals surface area contributed by atoms with E-state index in [2.05, 4.69) is 20.7 Å². The molecule has 0 aliphatic heterocycles. The van der Waals surface area contributed by atoms with Crippen molar-refractivity contribution in [2.24, 2.45) is 0 Å². The van der Waals surface area contributed by atoms with Gasteiger partial charge in [0.15, 0.2) is 5.78 Å². The van der Waals surface area contributed by atoms with Crippen molar-refractivity contribution >= 4 is 21.7 Å². The van der Waals surface area contributed by atoms with Gasteiger partial charge >= 0.3 is 6.36 Å². The van der Waals surface area contributed by atoms with Crippen LogP contribution in [0.4, 0.5) is 13.2 Å². The van der Waals surface area contributed by atoms with Crippen molar-refractivity contribution in [3.05, 3.63) is 23.8 Å². The normalized spacial score (nSPS) is 13.0. The summed E-state index contributed by atoms with van der Waals surface area (Å²) in [5, 5.41) is 0. The summed E-state index contributed by atoms with van der Waals surface area (Å²) in [7, 11) is 1.31. The fraction of sp³-hybridized carbons (Fsp3) is 0.364. The van der Waals surface area contributed by atoms with Crippen molar-refractivity contribution in [3.63, 3.8) is 0 Å². The van der Waals surface area contributed by atoms with Crippen molar-refractivity contribution in [3.8, 4) is 11.5 Å². The highest BCUT2D eigenvalue weighted by atomic mass is 79.9. The number of rotatable bonds is 4. The van der Waals surface area contributed by atoms with Gasteiger partial charge < -0.3 is 9.47 Å². The molecule has 0 saturated heterocycles. The Balaban J connectivity index is 3.20. The first-order valence-corrected chi connectivity index (χ1v) is 5.78. The van der Waals surface area contributed by atoms with Crippen LogP contribution in [0.25, 0.3) is 0 Å². The lowest BCUT2D eigenvalue weighted by Gasteiger charge is -2.14. The van der Waals surface area contributed by atoms with E-state index >= 15 is 0 Å². The molecule has 0 fully saturated rings. The zero-order chi connectivity index (χ0) is 13.9. The Morgan fingerprint density at radius 3 is 2.44 bits per heavy atom. The maximum atomic E-state index is 12.2. The van der Waals surface area contributed by atoms with Gasteiger partial charge in [-0.3, -0.25) is 4.79 Å². The molecule has 0 heterocycles. The largest absolute Gasteiger partial charge is 0.573 e. The summed E-state index contributed by atoms with van der Waals surface area (Å²) in [4.78, 5) is 11.1. The fourth-order valence-electron chi connectivity index (χ4n) is 1.26. The number of Topliss-reactive ketones (excluding diaryl/α,β-unsaturated/α-hetero) is 1. The molecule has 0 amide bonds. The molecule has 0 aliphatic rings. The number of alkyl halides is 4. The smallest absolute Gasteiger partial charge is 0.497 e. The second-order valence-corrected chi connectivity index (χ2v) is 4.76. The van der Waals surface area contributed by atoms with Gasteiger partial charge in [0.1, 0.15) is 11.5 Å². The highest BCUT2D eigenvalue weighted by Gasteiger charge is 2.33. The molecule has 3 nitrogen and oxygen atoms in total. The van der Waals surface area contributed by atoms with Crippen LogP contribution in [0.5, 0.6) is 11.5 Å². The van der Waals surface area contributed by atoms with Crippen LogP contribution in [0.2, 0.25) is 0 Å². The summed E-state index contributed by atoms with van der Waals surface area (Å²) < 4.78 is 45.3. The van der Waals surface area contributed by atoms with E-state index in [4.69, 9.17) is 4.74 Å². The molecule has 0 N–H and O–H groups in total. The predicted octanol–water partition coefficient (Wildman–Crippen LogP) is 3.56. The van der Waals surface area contributed by atoms with Crippen molar-refractivity contribution in [1.82, 2.24) is 0 Å². The molecule has 0 spiro atoms. The Labute approximate surface area is 110 Å². The van der Waals surface area contributed by atoms with Gasteiger partial charge in [-0.2, -0.15) is 0 Å². The van der Waals surface area contributed by atoms with E-state index in [0.717, 1.165) is 6.07 Å². The Morgan fingerprint density at radius 2 is 2.00 bits per heavy atom. The summed E-state index contributed by atoms with van der Waals surface area (Å²) in [5.41, 5.74) is -0.155. The minimum absolute atomic E-state index is 0.155. The number of methoxy groups -OCH3 is 1. The van der Waals surface area contributed by atoms with E-state index in [0.29, 0.717) is 0 Å². The topological polar surface area (TPSA) is 35.5 Å².